The maximum absolute atomic E-state index is 4.28. The second-order valence-corrected chi connectivity index (χ2v) is 5.89. The van der Waals surface area contributed by atoms with E-state index in [1.54, 1.807) is 0 Å². The SMILES string of the molecule is Sc1ccc([S+]2CCCC2)cc1. The number of thiol groups is 1. The lowest BCUT2D eigenvalue weighted by atomic mass is 10.4. The average Bonchev–Trinajstić information content (AvgIpc) is 2.58. The van der Waals surface area contributed by atoms with Gasteiger partial charge in [-0.15, -0.1) is 12.6 Å². The highest BCUT2D eigenvalue weighted by Gasteiger charge is 2.26. The van der Waals surface area contributed by atoms with Crippen molar-refractivity contribution in [3.63, 3.8) is 0 Å². The Bertz CT molecular complexity index is 247. The molecule has 1 saturated heterocycles. The largest absolute Gasteiger partial charge is 0.154 e. The fraction of sp³-hybridized carbons (Fsp3) is 0.400. The highest BCUT2D eigenvalue weighted by molar-refractivity contribution is 7.97. The zero-order valence-corrected chi connectivity index (χ0v) is 8.70. The molecule has 0 spiro atoms. The van der Waals surface area contributed by atoms with Gasteiger partial charge >= 0.3 is 0 Å². The topological polar surface area (TPSA) is 0 Å². The van der Waals surface area contributed by atoms with Gasteiger partial charge in [-0.3, -0.25) is 0 Å². The molecule has 0 atom stereocenters. The maximum Gasteiger partial charge on any atom is 0.154 e. The van der Waals surface area contributed by atoms with Gasteiger partial charge in [-0.25, -0.2) is 0 Å². The third-order valence-corrected chi connectivity index (χ3v) is 5.00. The predicted octanol–water partition coefficient (Wildman–Crippen LogP) is 2.75. The first-order chi connectivity index (χ1) is 5.86. The monoisotopic (exact) mass is 197 g/mol. The van der Waals surface area contributed by atoms with Gasteiger partial charge in [-0.05, 0) is 37.1 Å². The van der Waals surface area contributed by atoms with Crippen molar-refractivity contribution in [3.8, 4) is 0 Å². The van der Waals surface area contributed by atoms with Crippen LogP contribution in [0, 0.1) is 0 Å². The lowest BCUT2D eigenvalue weighted by molar-refractivity contribution is 0.949. The second-order valence-electron chi connectivity index (χ2n) is 3.10. The van der Waals surface area contributed by atoms with Gasteiger partial charge < -0.3 is 0 Å². The predicted molar refractivity (Wildman–Crippen MR) is 58.3 cm³/mol. The third kappa shape index (κ3) is 1.80. The molecular formula is C10H13S2+. The van der Waals surface area contributed by atoms with Gasteiger partial charge in [0, 0.05) is 15.8 Å². The van der Waals surface area contributed by atoms with E-state index in [1.165, 1.54) is 29.2 Å². The van der Waals surface area contributed by atoms with E-state index in [-0.39, 0.29) is 0 Å². The minimum absolute atomic E-state index is 0.567. The highest BCUT2D eigenvalue weighted by atomic mass is 32.2. The minimum Gasteiger partial charge on any atom is -0.143 e. The summed E-state index contributed by atoms with van der Waals surface area (Å²) in [6.07, 6.45) is 2.84. The van der Waals surface area contributed by atoms with Crippen LogP contribution in [0.3, 0.4) is 0 Å². The van der Waals surface area contributed by atoms with Crippen molar-refractivity contribution in [3.05, 3.63) is 24.3 Å². The molecule has 0 amide bonds. The summed E-state index contributed by atoms with van der Waals surface area (Å²) < 4.78 is 0. The summed E-state index contributed by atoms with van der Waals surface area (Å²) in [4.78, 5) is 2.60. The molecule has 64 valence electrons. The Hall–Kier alpha value is -0.0800. The van der Waals surface area contributed by atoms with Crippen LogP contribution >= 0.6 is 12.6 Å². The lowest BCUT2D eigenvalue weighted by Crippen LogP contribution is -2.02. The van der Waals surface area contributed by atoms with Crippen LogP contribution in [0.5, 0.6) is 0 Å². The van der Waals surface area contributed by atoms with Crippen LogP contribution in [0.25, 0.3) is 0 Å². The molecule has 1 aliphatic heterocycles. The van der Waals surface area contributed by atoms with E-state index in [9.17, 15) is 0 Å². The molecule has 0 N–H and O–H groups in total. The maximum atomic E-state index is 4.28. The Morgan fingerprint density at radius 3 is 2.17 bits per heavy atom. The van der Waals surface area contributed by atoms with Crippen LogP contribution in [0.4, 0.5) is 0 Å². The molecule has 2 heteroatoms. The zero-order valence-electron chi connectivity index (χ0n) is 6.99. The van der Waals surface area contributed by atoms with Crippen LogP contribution in [-0.2, 0) is 10.9 Å². The van der Waals surface area contributed by atoms with E-state index in [0.717, 1.165) is 4.90 Å². The van der Waals surface area contributed by atoms with Crippen molar-refractivity contribution in [2.24, 2.45) is 0 Å². The summed E-state index contributed by atoms with van der Waals surface area (Å²) >= 11 is 4.28. The normalized spacial score (nSPS) is 18.4. The molecule has 1 aromatic carbocycles. The lowest BCUT2D eigenvalue weighted by Gasteiger charge is -1.99. The highest BCUT2D eigenvalue weighted by Crippen LogP contribution is 2.23. The van der Waals surface area contributed by atoms with E-state index in [1.807, 2.05) is 0 Å². The van der Waals surface area contributed by atoms with Crippen molar-refractivity contribution in [1.82, 2.24) is 0 Å². The Morgan fingerprint density at radius 1 is 1.00 bits per heavy atom. The van der Waals surface area contributed by atoms with Gasteiger partial charge in [0.15, 0.2) is 4.90 Å². The number of rotatable bonds is 1. The van der Waals surface area contributed by atoms with Crippen LogP contribution in [-0.4, -0.2) is 11.5 Å². The van der Waals surface area contributed by atoms with Gasteiger partial charge in [0.2, 0.25) is 0 Å². The zero-order chi connectivity index (χ0) is 8.39. The quantitative estimate of drug-likeness (QED) is 0.519. The minimum atomic E-state index is 0.567. The van der Waals surface area contributed by atoms with E-state index < -0.39 is 0 Å². The first-order valence-electron chi connectivity index (χ1n) is 4.33. The molecule has 2 rings (SSSR count). The molecular weight excluding hydrogens is 184 g/mol. The molecule has 1 heterocycles. The summed E-state index contributed by atoms with van der Waals surface area (Å²) in [6.45, 7) is 0. The standard InChI is InChI=1S/C10H12S2/c11-9-3-5-10(6-4-9)12-7-1-2-8-12/h3-6H,1-2,7-8H2/p+1. The molecule has 0 radical (unpaired) electrons. The molecule has 1 aromatic rings. The molecule has 0 nitrogen and oxygen atoms in total. The molecule has 0 unspecified atom stereocenters. The summed E-state index contributed by atoms with van der Waals surface area (Å²) in [7, 11) is 0.567. The Labute approximate surface area is 82.1 Å². The molecule has 12 heavy (non-hydrogen) atoms. The van der Waals surface area contributed by atoms with E-state index in [0.29, 0.717) is 10.9 Å². The molecule has 1 fully saturated rings. The van der Waals surface area contributed by atoms with Gasteiger partial charge in [0.25, 0.3) is 0 Å². The van der Waals surface area contributed by atoms with Crippen molar-refractivity contribution in [2.75, 3.05) is 11.5 Å². The number of hydrogen-bond donors (Lipinski definition) is 1. The van der Waals surface area contributed by atoms with Gasteiger partial charge in [-0.1, -0.05) is 0 Å². The molecule has 0 saturated carbocycles. The second kappa shape index (κ2) is 3.75. The van der Waals surface area contributed by atoms with Crippen LogP contribution < -0.4 is 0 Å². The van der Waals surface area contributed by atoms with E-state index >= 15 is 0 Å². The third-order valence-electron chi connectivity index (χ3n) is 2.20. The average molecular weight is 197 g/mol. The summed E-state index contributed by atoms with van der Waals surface area (Å²) in [5.41, 5.74) is 0. The fourth-order valence-electron chi connectivity index (χ4n) is 1.53. The van der Waals surface area contributed by atoms with E-state index in [2.05, 4.69) is 36.9 Å². The van der Waals surface area contributed by atoms with Crippen LogP contribution in [0.1, 0.15) is 12.8 Å². The van der Waals surface area contributed by atoms with Crippen molar-refractivity contribution in [2.45, 2.75) is 22.6 Å². The van der Waals surface area contributed by atoms with E-state index in [4.69, 9.17) is 0 Å². The van der Waals surface area contributed by atoms with Gasteiger partial charge in [0.05, 0.1) is 0 Å². The molecule has 1 aliphatic rings. The van der Waals surface area contributed by atoms with Crippen LogP contribution in [0.15, 0.2) is 34.1 Å². The first kappa shape index (κ1) is 8.52. The molecule has 0 aromatic heterocycles. The summed E-state index contributed by atoms with van der Waals surface area (Å²) in [5.74, 6) is 2.82. The van der Waals surface area contributed by atoms with Gasteiger partial charge in [-0.2, -0.15) is 0 Å². The fourth-order valence-corrected chi connectivity index (χ4v) is 3.98. The van der Waals surface area contributed by atoms with Crippen LogP contribution in [0.2, 0.25) is 0 Å². The first-order valence-corrected chi connectivity index (χ1v) is 6.34. The summed E-state index contributed by atoms with van der Waals surface area (Å²) in [6, 6.07) is 8.67. The Kier molecular flexibility index (Phi) is 2.66. The van der Waals surface area contributed by atoms with Crippen molar-refractivity contribution in [1.29, 1.82) is 0 Å². The Balaban J connectivity index is 2.17. The number of benzene rings is 1. The van der Waals surface area contributed by atoms with Crippen molar-refractivity contribution < 1.29 is 0 Å². The smallest absolute Gasteiger partial charge is 0.143 e. The summed E-state index contributed by atoms with van der Waals surface area (Å²) in [5, 5.41) is 0. The van der Waals surface area contributed by atoms with Crippen molar-refractivity contribution >= 4 is 23.5 Å². The number of hydrogen-bond acceptors (Lipinski definition) is 1. The Morgan fingerprint density at radius 2 is 1.58 bits per heavy atom. The molecule has 0 aliphatic carbocycles. The molecule has 0 bridgehead atoms. The van der Waals surface area contributed by atoms with Gasteiger partial charge in [0.1, 0.15) is 11.5 Å².